The molecule has 0 amide bonds. The van der Waals surface area contributed by atoms with Gasteiger partial charge in [0.1, 0.15) is 12.4 Å². The zero-order chi connectivity index (χ0) is 24.8. The molecule has 2 N–H and O–H groups in total. The second-order valence-electron chi connectivity index (χ2n) is 7.82. The molecule has 0 bridgehead atoms. The average molecular weight is 511 g/mol. The second-order valence-corrected chi connectivity index (χ2v) is 8.61. The summed E-state index contributed by atoms with van der Waals surface area (Å²) in [5.74, 6) is 2.51. The third-order valence-electron chi connectivity index (χ3n) is 5.38. The quantitative estimate of drug-likeness (QED) is 0.244. The van der Waals surface area contributed by atoms with Crippen LogP contribution in [0.4, 0.5) is 0 Å². The minimum Gasteiger partial charge on any atom is -0.496 e. The van der Waals surface area contributed by atoms with Crippen molar-refractivity contribution in [2.45, 2.75) is 27.0 Å². The van der Waals surface area contributed by atoms with E-state index in [9.17, 15) is 0 Å². The number of benzene rings is 3. The lowest BCUT2D eigenvalue weighted by Crippen LogP contribution is -2.16. The fourth-order valence-corrected chi connectivity index (χ4v) is 3.97. The van der Waals surface area contributed by atoms with E-state index < -0.39 is 0 Å². The molecule has 7 nitrogen and oxygen atoms in total. The highest BCUT2D eigenvalue weighted by Crippen LogP contribution is 2.35. The number of ether oxygens (including phenoxy) is 3. The summed E-state index contributed by atoms with van der Waals surface area (Å²) in [7, 11) is 1.62. The highest BCUT2D eigenvalue weighted by atomic mass is 35.5. The second kappa shape index (κ2) is 11.3. The normalized spacial score (nSPS) is 10.7. The topological polar surface area (TPSA) is 73.3 Å². The first kappa shape index (κ1) is 24.6. The summed E-state index contributed by atoms with van der Waals surface area (Å²) in [6.45, 7) is 5.29. The SMILES string of the molecule is CCOc1cc(CNn2c(-c3ccccc3OC)n[nH]c2=S)c(Cl)cc1OCc1ccc(C)cc1. The first-order valence-electron chi connectivity index (χ1n) is 11.2. The number of aromatic amines is 1. The van der Waals surface area contributed by atoms with Gasteiger partial charge >= 0.3 is 0 Å². The number of nitrogens with zero attached hydrogens (tertiary/aromatic N) is 2. The number of H-pyrrole nitrogens is 1. The smallest absolute Gasteiger partial charge is 0.214 e. The molecule has 0 saturated heterocycles. The lowest BCUT2D eigenvalue weighted by molar-refractivity contribution is 0.269. The van der Waals surface area contributed by atoms with Gasteiger partial charge in [0.25, 0.3) is 0 Å². The van der Waals surface area contributed by atoms with E-state index in [1.165, 1.54) is 5.56 Å². The molecule has 0 fully saturated rings. The molecule has 0 aliphatic heterocycles. The number of rotatable bonds is 10. The lowest BCUT2D eigenvalue weighted by Gasteiger charge is -2.16. The van der Waals surface area contributed by atoms with Gasteiger partial charge in [0, 0.05) is 11.1 Å². The van der Waals surface area contributed by atoms with E-state index in [0.29, 0.717) is 52.6 Å². The predicted molar refractivity (Wildman–Crippen MR) is 141 cm³/mol. The van der Waals surface area contributed by atoms with Crippen LogP contribution in [0.25, 0.3) is 11.4 Å². The molecule has 0 radical (unpaired) electrons. The molecule has 0 aliphatic rings. The van der Waals surface area contributed by atoms with Crippen LogP contribution in [0.5, 0.6) is 17.2 Å². The average Bonchev–Trinajstić information content (AvgIpc) is 3.24. The highest BCUT2D eigenvalue weighted by molar-refractivity contribution is 7.71. The monoisotopic (exact) mass is 510 g/mol. The van der Waals surface area contributed by atoms with Gasteiger partial charge in [0.2, 0.25) is 4.77 Å². The van der Waals surface area contributed by atoms with Crippen molar-refractivity contribution >= 4 is 23.8 Å². The van der Waals surface area contributed by atoms with Crippen molar-refractivity contribution in [2.24, 2.45) is 0 Å². The fraction of sp³-hybridized carbons (Fsp3) is 0.231. The predicted octanol–water partition coefficient (Wildman–Crippen LogP) is 6.30. The summed E-state index contributed by atoms with van der Waals surface area (Å²) in [6, 6.07) is 19.5. The number of hydrogen-bond donors (Lipinski definition) is 2. The largest absolute Gasteiger partial charge is 0.496 e. The number of methoxy groups -OCH3 is 1. The van der Waals surface area contributed by atoms with E-state index >= 15 is 0 Å². The summed E-state index contributed by atoms with van der Waals surface area (Å²) in [5, 5.41) is 7.76. The van der Waals surface area contributed by atoms with Crippen LogP contribution in [-0.2, 0) is 13.2 Å². The van der Waals surface area contributed by atoms with Gasteiger partial charge in [-0.1, -0.05) is 53.6 Å². The Labute approximate surface area is 214 Å². The van der Waals surface area contributed by atoms with Crippen LogP contribution in [0, 0.1) is 11.7 Å². The lowest BCUT2D eigenvalue weighted by atomic mass is 10.1. The molecule has 35 heavy (non-hydrogen) atoms. The maximum atomic E-state index is 6.63. The number of aromatic nitrogens is 3. The minimum atomic E-state index is 0.382. The van der Waals surface area contributed by atoms with Crippen LogP contribution in [0.2, 0.25) is 5.02 Å². The molecule has 0 saturated carbocycles. The number of para-hydroxylation sites is 1. The summed E-state index contributed by atoms with van der Waals surface area (Å²) in [4.78, 5) is 0. The van der Waals surface area contributed by atoms with Gasteiger partial charge < -0.3 is 19.6 Å². The summed E-state index contributed by atoms with van der Waals surface area (Å²) >= 11 is 12.1. The molecule has 0 atom stereocenters. The highest BCUT2D eigenvalue weighted by Gasteiger charge is 2.15. The molecule has 1 heterocycles. The van der Waals surface area contributed by atoms with Gasteiger partial charge in [-0.2, -0.15) is 5.10 Å². The van der Waals surface area contributed by atoms with Crippen molar-refractivity contribution in [2.75, 3.05) is 19.1 Å². The molecule has 0 unspecified atom stereocenters. The molecular weight excluding hydrogens is 484 g/mol. The molecule has 9 heteroatoms. The van der Waals surface area contributed by atoms with Crippen molar-refractivity contribution in [3.05, 3.63) is 87.1 Å². The minimum absolute atomic E-state index is 0.382. The first-order chi connectivity index (χ1) is 17.0. The Morgan fingerprint density at radius 2 is 1.77 bits per heavy atom. The molecular formula is C26H27ClN4O3S. The van der Waals surface area contributed by atoms with E-state index in [1.54, 1.807) is 17.9 Å². The van der Waals surface area contributed by atoms with Crippen molar-refractivity contribution in [3.63, 3.8) is 0 Å². The number of nitrogens with one attached hydrogen (secondary N) is 2. The van der Waals surface area contributed by atoms with Crippen LogP contribution < -0.4 is 19.6 Å². The van der Waals surface area contributed by atoms with Crippen LogP contribution >= 0.6 is 23.8 Å². The molecule has 182 valence electrons. The Hall–Kier alpha value is -3.49. The molecule has 0 spiro atoms. The third kappa shape index (κ3) is 5.78. The van der Waals surface area contributed by atoms with Gasteiger partial charge in [-0.15, -0.1) is 0 Å². The summed E-state index contributed by atoms with van der Waals surface area (Å²) < 4.78 is 19.5. The van der Waals surface area contributed by atoms with Crippen molar-refractivity contribution in [1.29, 1.82) is 0 Å². The van der Waals surface area contributed by atoms with E-state index in [0.717, 1.165) is 16.7 Å². The first-order valence-corrected chi connectivity index (χ1v) is 12.0. The standard InChI is InChI=1S/C26H27ClN4O3S/c1-4-33-23-13-19(21(27)14-24(23)34-16-18-11-9-17(2)10-12-18)15-28-31-25(29-30-26(31)35)20-7-5-6-8-22(20)32-3/h5-14,28H,4,15-16H2,1-3H3,(H,30,35). The molecule has 3 aromatic carbocycles. The van der Waals surface area contributed by atoms with E-state index in [-0.39, 0.29) is 0 Å². The molecule has 1 aromatic heterocycles. The van der Waals surface area contributed by atoms with Crippen molar-refractivity contribution in [1.82, 2.24) is 14.9 Å². The van der Waals surface area contributed by atoms with Crippen LogP contribution in [-0.4, -0.2) is 28.6 Å². The van der Waals surface area contributed by atoms with Crippen LogP contribution in [0.3, 0.4) is 0 Å². The van der Waals surface area contributed by atoms with Crippen LogP contribution in [0.15, 0.2) is 60.7 Å². The van der Waals surface area contributed by atoms with Crippen molar-refractivity contribution in [3.8, 4) is 28.6 Å². The Morgan fingerprint density at radius 1 is 1.03 bits per heavy atom. The Bertz CT molecular complexity index is 1350. The molecule has 4 aromatic rings. The number of aryl methyl sites for hydroxylation is 1. The van der Waals surface area contributed by atoms with Crippen LogP contribution in [0.1, 0.15) is 23.6 Å². The summed E-state index contributed by atoms with van der Waals surface area (Å²) in [6.07, 6.45) is 0. The number of hydrogen-bond acceptors (Lipinski definition) is 6. The maximum absolute atomic E-state index is 6.63. The molecule has 4 rings (SSSR count). The van der Waals surface area contributed by atoms with Gasteiger partial charge in [-0.05, 0) is 55.4 Å². The van der Waals surface area contributed by atoms with E-state index in [4.69, 9.17) is 38.0 Å². The van der Waals surface area contributed by atoms with E-state index in [2.05, 4.69) is 34.7 Å². The Morgan fingerprint density at radius 3 is 2.51 bits per heavy atom. The van der Waals surface area contributed by atoms with Crippen molar-refractivity contribution < 1.29 is 14.2 Å². The Balaban J connectivity index is 1.55. The zero-order valence-electron chi connectivity index (χ0n) is 19.8. The maximum Gasteiger partial charge on any atom is 0.214 e. The van der Waals surface area contributed by atoms with Gasteiger partial charge in [0.15, 0.2) is 17.3 Å². The third-order valence-corrected chi connectivity index (χ3v) is 6.00. The van der Waals surface area contributed by atoms with E-state index in [1.807, 2.05) is 49.4 Å². The Kier molecular flexibility index (Phi) is 7.94. The van der Waals surface area contributed by atoms with Gasteiger partial charge in [-0.25, -0.2) is 9.77 Å². The van der Waals surface area contributed by atoms with Gasteiger partial charge in [-0.3, -0.25) is 0 Å². The molecule has 0 aliphatic carbocycles. The fourth-order valence-electron chi connectivity index (χ4n) is 3.56. The summed E-state index contributed by atoms with van der Waals surface area (Å²) in [5.41, 5.74) is 7.20. The van der Waals surface area contributed by atoms with Gasteiger partial charge in [0.05, 0.1) is 25.8 Å². The zero-order valence-corrected chi connectivity index (χ0v) is 21.4. The number of halogens is 1.